The van der Waals surface area contributed by atoms with Crippen LogP contribution in [-0.2, 0) is 0 Å². The van der Waals surface area contributed by atoms with Crippen LogP contribution in [0, 0.1) is 5.92 Å². The maximum absolute atomic E-state index is 8.68. The second-order valence-corrected chi connectivity index (χ2v) is 2.43. The summed E-state index contributed by atoms with van der Waals surface area (Å²) in [5, 5.41) is 8.68. The summed E-state index contributed by atoms with van der Waals surface area (Å²) < 4.78 is 0. The Kier molecular flexibility index (Phi) is 1.69. The van der Waals surface area contributed by atoms with Crippen LogP contribution >= 0.6 is 0 Å². The van der Waals surface area contributed by atoms with Crippen LogP contribution < -0.4 is 0 Å². The Morgan fingerprint density at radius 2 is 2.50 bits per heavy atom. The summed E-state index contributed by atoms with van der Waals surface area (Å²) in [5.41, 5.74) is 1.24. The molecule has 1 nitrogen and oxygen atoms in total. The number of aliphatic hydroxyl groups is 1. The van der Waals surface area contributed by atoms with Gasteiger partial charge in [0.05, 0.1) is 0 Å². The molecule has 46 valence electrons. The minimum atomic E-state index is 0.304. The van der Waals surface area contributed by atoms with Crippen LogP contribution in [0.1, 0.15) is 19.3 Å². The van der Waals surface area contributed by atoms with Crippen molar-refractivity contribution in [3.63, 3.8) is 0 Å². The van der Waals surface area contributed by atoms with Crippen LogP contribution in [0.2, 0.25) is 0 Å². The number of rotatable bonds is 1. The van der Waals surface area contributed by atoms with E-state index in [1.807, 2.05) is 0 Å². The van der Waals surface area contributed by atoms with Crippen LogP contribution in [0.25, 0.3) is 0 Å². The average Bonchev–Trinajstić information content (AvgIpc) is 2.14. The topological polar surface area (TPSA) is 20.2 Å². The van der Waals surface area contributed by atoms with Crippen LogP contribution in [-0.4, -0.2) is 11.7 Å². The van der Waals surface area contributed by atoms with Crippen molar-refractivity contribution >= 4 is 0 Å². The maximum atomic E-state index is 8.68. The highest BCUT2D eigenvalue weighted by molar-refractivity contribution is 5.05. The van der Waals surface area contributed by atoms with E-state index in [1.165, 1.54) is 12.0 Å². The summed E-state index contributed by atoms with van der Waals surface area (Å²) in [4.78, 5) is 0. The van der Waals surface area contributed by atoms with Crippen molar-refractivity contribution in [3.8, 4) is 0 Å². The first-order valence-electron chi connectivity index (χ1n) is 3.13. The molecule has 0 saturated heterocycles. The minimum absolute atomic E-state index is 0.304. The fraction of sp³-hybridized carbons (Fsp3) is 0.714. The van der Waals surface area contributed by atoms with Gasteiger partial charge in [0.25, 0.3) is 0 Å². The predicted molar refractivity (Wildman–Crippen MR) is 33.6 cm³/mol. The Morgan fingerprint density at radius 1 is 1.75 bits per heavy atom. The smallest absolute Gasteiger partial charge is 0.0496 e. The number of hydrogen-bond acceptors (Lipinski definition) is 1. The van der Waals surface area contributed by atoms with E-state index in [-0.39, 0.29) is 0 Å². The highest BCUT2D eigenvalue weighted by Crippen LogP contribution is 2.28. The lowest BCUT2D eigenvalue weighted by Crippen LogP contribution is -2.00. The summed E-state index contributed by atoms with van der Waals surface area (Å²) in [6.07, 6.45) is 3.50. The molecule has 1 rings (SSSR count). The fourth-order valence-corrected chi connectivity index (χ4v) is 1.20. The maximum Gasteiger partial charge on any atom is 0.0496 e. The van der Waals surface area contributed by atoms with E-state index in [0.29, 0.717) is 12.5 Å². The van der Waals surface area contributed by atoms with Gasteiger partial charge in [-0.05, 0) is 19.3 Å². The van der Waals surface area contributed by atoms with E-state index in [0.717, 1.165) is 12.8 Å². The molecule has 1 fully saturated rings. The molecule has 0 unspecified atom stereocenters. The van der Waals surface area contributed by atoms with Gasteiger partial charge in [0, 0.05) is 12.5 Å². The third-order valence-corrected chi connectivity index (χ3v) is 1.85. The van der Waals surface area contributed by atoms with Crippen molar-refractivity contribution in [2.75, 3.05) is 6.61 Å². The van der Waals surface area contributed by atoms with Crippen molar-refractivity contribution < 1.29 is 5.11 Å². The number of aliphatic hydroxyl groups excluding tert-OH is 1. The first kappa shape index (κ1) is 5.83. The van der Waals surface area contributed by atoms with E-state index >= 15 is 0 Å². The standard InChI is InChI=1S/C7H12O/c1-6-3-2-4-7(6)5-8/h7-8H,1-5H2/t7-/m1/s1. The average molecular weight is 112 g/mol. The van der Waals surface area contributed by atoms with Crippen LogP contribution in [0.4, 0.5) is 0 Å². The molecule has 1 aliphatic carbocycles. The molecule has 0 bridgehead atoms. The Labute approximate surface area is 50.0 Å². The molecule has 0 radical (unpaired) electrons. The number of hydrogen-bond donors (Lipinski definition) is 1. The summed E-state index contributed by atoms with van der Waals surface area (Å²) in [5.74, 6) is 0.426. The zero-order chi connectivity index (χ0) is 5.98. The second kappa shape index (κ2) is 2.31. The van der Waals surface area contributed by atoms with E-state index < -0.39 is 0 Å². The normalized spacial score (nSPS) is 29.1. The lowest BCUT2D eigenvalue weighted by atomic mass is 10.1. The van der Waals surface area contributed by atoms with Crippen LogP contribution in [0.3, 0.4) is 0 Å². The third-order valence-electron chi connectivity index (χ3n) is 1.85. The molecule has 0 aromatic carbocycles. The Hall–Kier alpha value is -0.300. The molecule has 1 atom stereocenters. The van der Waals surface area contributed by atoms with E-state index in [9.17, 15) is 0 Å². The monoisotopic (exact) mass is 112 g/mol. The molecule has 1 heteroatoms. The largest absolute Gasteiger partial charge is 0.396 e. The minimum Gasteiger partial charge on any atom is -0.396 e. The van der Waals surface area contributed by atoms with Crippen molar-refractivity contribution in [1.29, 1.82) is 0 Å². The van der Waals surface area contributed by atoms with Gasteiger partial charge in [0.2, 0.25) is 0 Å². The summed E-state index contributed by atoms with van der Waals surface area (Å²) in [7, 11) is 0. The van der Waals surface area contributed by atoms with E-state index in [1.54, 1.807) is 0 Å². The summed E-state index contributed by atoms with van der Waals surface area (Å²) in [6.45, 7) is 4.15. The van der Waals surface area contributed by atoms with Crippen LogP contribution in [0.5, 0.6) is 0 Å². The van der Waals surface area contributed by atoms with Gasteiger partial charge in [-0.2, -0.15) is 0 Å². The Bertz CT molecular complexity index is 96.6. The third kappa shape index (κ3) is 0.920. The van der Waals surface area contributed by atoms with Gasteiger partial charge in [-0.25, -0.2) is 0 Å². The molecule has 0 heterocycles. The molecule has 1 N–H and O–H groups in total. The summed E-state index contributed by atoms with van der Waals surface area (Å²) >= 11 is 0. The predicted octanol–water partition coefficient (Wildman–Crippen LogP) is 1.33. The molecule has 1 aliphatic rings. The van der Waals surface area contributed by atoms with Crippen molar-refractivity contribution in [3.05, 3.63) is 12.2 Å². The molecule has 8 heavy (non-hydrogen) atoms. The van der Waals surface area contributed by atoms with Gasteiger partial charge < -0.3 is 5.11 Å². The molecule has 0 spiro atoms. The second-order valence-electron chi connectivity index (χ2n) is 2.43. The van der Waals surface area contributed by atoms with Crippen molar-refractivity contribution in [1.82, 2.24) is 0 Å². The zero-order valence-electron chi connectivity index (χ0n) is 5.06. The van der Waals surface area contributed by atoms with Gasteiger partial charge in [-0.1, -0.05) is 12.2 Å². The first-order chi connectivity index (χ1) is 3.84. The fourth-order valence-electron chi connectivity index (χ4n) is 1.20. The van der Waals surface area contributed by atoms with Gasteiger partial charge in [0.1, 0.15) is 0 Å². The molecule has 1 saturated carbocycles. The van der Waals surface area contributed by atoms with Gasteiger partial charge in [0.15, 0.2) is 0 Å². The highest BCUT2D eigenvalue weighted by Gasteiger charge is 2.16. The SMILES string of the molecule is C=C1CCC[C@@H]1CO. The summed E-state index contributed by atoms with van der Waals surface area (Å²) in [6, 6.07) is 0. The molecular formula is C7H12O. The van der Waals surface area contributed by atoms with Gasteiger partial charge in [-0.15, -0.1) is 0 Å². The lowest BCUT2D eigenvalue weighted by molar-refractivity contribution is 0.249. The zero-order valence-corrected chi connectivity index (χ0v) is 5.06. The lowest BCUT2D eigenvalue weighted by Gasteiger charge is -2.03. The van der Waals surface area contributed by atoms with Gasteiger partial charge in [-0.3, -0.25) is 0 Å². The first-order valence-corrected chi connectivity index (χ1v) is 3.13. The van der Waals surface area contributed by atoms with Crippen LogP contribution in [0.15, 0.2) is 12.2 Å². The molecule has 0 aromatic rings. The molecular weight excluding hydrogens is 100 g/mol. The quantitative estimate of drug-likeness (QED) is 0.507. The molecule has 0 aliphatic heterocycles. The molecule has 0 amide bonds. The van der Waals surface area contributed by atoms with Crippen molar-refractivity contribution in [2.45, 2.75) is 19.3 Å². The Morgan fingerprint density at radius 3 is 2.75 bits per heavy atom. The van der Waals surface area contributed by atoms with E-state index in [4.69, 9.17) is 5.11 Å². The Balaban J connectivity index is 2.42. The van der Waals surface area contributed by atoms with E-state index in [2.05, 4.69) is 6.58 Å². The van der Waals surface area contributed by atoms with Crippen molar-refractivity contribution in [2.24, 2.45) is 5.92 Å². The van der Waals surface area contributed by atoms with Gasteiger partial charge >= 0.3 is 0 Å². The molecule has 0 aromatic heterocycles. The highest BCUT2D eigenvalue weighted by atomic mass is 16.3.